The van der Waals surface area contributed by atoms with E-state index in [2.05, 4.69) is 33.2 Å². The number of thiophene rings is 1. The third-order valence-electron chi connectivity index (χ3n) is 2.54. The highest BCUT2D eigenvalue weighted by molar-refractivity contribution is 7.14. The molecular formula is C12H16N4S. The van der Waals surface area contributed by atoms with Crippen molar-refractivity contribution in [3.05, 3.63) is 35.1 Å². The molecule has 0 unspecified atom stereocenters. The molecule has 0 fully saturated rings. The molecule has 0 bridgehead atoms. The van der Waals surface area contributed by atoms with Gasteiger partial charge in [0.25, 0.3) is 0 Å². The van der Waals surface area contributed by atoms with Gasteiger partial charge in [-0.1, -0.05) is 0 Å². The SMILES string of the molecule is Cc1ccsc1N(C)c1ccnc(CCN)n1. The first-order valence-electron chi connectivity index (χ1n) is 5.52. The fraction of sp³-hybridized carbons (Fsp3) is 0.333. The topological polar surface area (TPSA) is 55.0 Å². The molecule has 0 saturated heterocycles. The monoisotopic (exact) mass is 248 g/mol. The van der Waals surface area contributed by atoms with Crippen molar-refractivity contribution in [2.45, 2.75) is 13.3 Å². The van der Waals surface area contributed by atoms with Crippen LogP contribution in [-0.2, 0) is 6.42 Å². The van der Waals surface area contributed by atoms with Crippen molar-refractivity contribution < 1.29 is 0 Å². The van der Waals surface area contributed by atoms with E-state index in [-0.39, 0.29) is 0 Å². The Hall–Kier alpha value is -1.46. The predicted molar refractivity (Wildman–Crippen MR) is 71.9 cm³/mol. The number of anilines is 2. The maximum absolute atomic E-state index is 5.51. The van der Waals surface area contributed by atoms with Gasteiger partial charge in [-0.15, -0.1) is 11.3 Å². The van der Waals surface area contributed by atoms with Crippen LogP contribution in [0, 0.1) is 6.92 Å². The fourth-order valence-electron chi connectivity index (χ4n) is 1.64. The van der Waals surface area contributed by atoms with Crippen molar-refractivity contribution in [3.63, 3.8) is 0 Å². The van der Waals surface area contributed by atoms with Gasteiger partial charge in [0, 0.05) is 19.7 Å². The molecule has 0 radical (unpaired) electrons. The summed E-state index contributed by atoms with van der Waals surface area (Å²) in [5, 5.41) is 3.30. The van der Waals surface area contributed by atoms with Gasteiger partial charge in [-0.3, -0.25) is 0 Å². The van der Waals surface area contributed by atoms with Crippen LogP contribution < -0.4 is 10.6 Å². The summed E-state index contributed by atoms with van der Waals surface area (Å²) in [7, 11) is 2.02. The van der Waals surface area contributed by atoms with Crippen LogP contribution in [0.4, 0.5) is 10.8 Å². The third kappa shape index (κ3) is 2.62. The molecule has 2 aromatic rings. The maximum Gasteiger partial charge on any atom is 0.137 e. The zero-order chi connectivity index (χ0) is 12.3. The first kappa shape index (κ1) is 12.0. The molecule has 0 aromatic carbocycles. The number of hydrogen-bond acceptors (Lipinski definition) is 5. The zero-order valence-corrected chi connectivity index (χ0v) is 10.9. The van der Waals surface area contributed by atoms with E-state index in [9.17, 15) is 0 Å². The van der Waals surface area contributed by atoms with E-state index < -0.39 is 0 Å². The summed E-state index contributed by atoms with van der Waals surface area (Å²) in [4.78, 5) is 10.8. The van der Waals surface area contributed by atoms with E-state index in [0.29, 0.717) is 13.0 Å². The van der Waals surface area contributed by atoms with Crippen molar-refractivity contribution >= 4 is 22.2 Å². The van der Waals surface area contributed by atoms with Gasteiger partial charge in [-0.25, -0.2) is 9.97 Å². The third-order valence-corrected chi connectivity index (χ3v) is 3.63. The number of nitrogens with zero attached hydrogens (tertiary/aromatic N) is 3. The maximum atomic E-state index is 5.51. The van der Waals surface area contributed by atoms with E-state index in [4.69, 9.17) is 5.73 Å². The molecule has 2 rings (SSSR count). The van der Waals surface area contributed by atoms with Crippen molar-refractivity contribution in [1.29, 1.82) is 0 Å². The summed E-state index contributed by atoms with van der Waals surface area (Å²) in [5.74, 6) is 1.71. The second kappa shape index (κ2) is 5.25. The molecule has 90 valence electrons. The summed E-state index contributed by atoms with van der Waals surface area (Å²) in [6.07, 6.45) is 2.50. The second-order valence-corrected chi connectivity index (χ2v) is 4.73. The predicted octanol–water partition coefficient (Wildman–Crippen LogP) is 2.12. The number of hydrogen-bond donors (Lipinski definition) is 1. The number of aryl methyl sites for hydroxylation is 1. The highest BCUT2D eigenvalue weighted by Gasteiger charge is 2.10. The highest BCUT2D eigenvalue weighted by Crippen LogP contribution is 2.30. The lowest BCUT2D eigenvalue weighted by Gasteiger charge is -2.17. The van der Waals surface area contributed by atoms with Crippen LogP contribution in [0.2, 0.25) is 0 Å². The molecule has 0 atom stereocenters. The quantitative estimate of drug-likeness (QED) is 0.900. The van der Waals surface area contributed by atoms with Crippen molar-refractivity contribution in [1.82, 2.24) is 9.97 Å². The van der Waals surface area contributed by atoms with Crippen LogP contribution in [0.15, 0.2) is 23.7 Å². The summed E-state index contributed by atoms with van der Waals surface area (Å²) in [6, 6.07) is 4.03. The molecule has 0 aliphatic heterocycles. The Labute approximate surface area is 105 Å². The molecule has 0 spiro atoms. The van der Waals surface area contributed by atoms with Gasteiger partial charge in [0.05, 0.1) is 5.00 Å². The Kier molecular flexibility index (Phi) is 3.71. The Morgan fingerprint density at radius 3 is 2.88 bits per heavy atom. The fourth-order valence-corrected chi connectivity index (χ4v) is 2.54. The van der Waals surface area contributed by atoms with E-state index in [1.807, 2.05) is 13.1 Å². The molecule has 0 aliphatic carbocycles. The molecular weight excluding hydrogens is 232 g/mol. The summed E-state index contributed by atoms with van der Waals surface area (Å²) in [6.45, 7) is 2.68. The zero-order valence-electron chi connectivity index (χ0n) is 10.1. The van der Waals surface area contributed by atoms with Gasteiger partial charge in [-0.05, 0) is 36.5 Å². The summed E-state index contributed by atoms with van der Waals surface area (Å²) >= 11 is 1.71. The Morgan fingerprint density at radius 2 is 2.24 bits per heavy atom. The summed E-state index contributed by atoms with van der Waals surface area (Å²) < 4.78 is 0. The van der Waals surface area contributed by atoms with Crippen molar-refractivity contribution in [2.24, 2.45) is 5.73 Å². The lowest BCUT2D eigenvalue weighted by molar-refractivity contribution is 0.862. The van der Waals surface area contributed by atoms with Gasteiger partial charge in [-0.2, -0.15) is 0 Å². The van der Waals surface area contributed by atoms with E-state index in [0.717, 1.165) is 11.6 Å². The molecule has 5 heteroatoms. The molecule has 0 saturated carbocycles. The van der Waals surface area contributed by atoms with Gasteiger partial charge in [0.15, 0.2) is 0 Å². The summed E-state index contributed by atoms with van der Waals surface area (Å²) in [5.41, 5.74) is 6.77. The average molecular weight is 248 g/mol. The van der Waals surface area contributed by atoms with E-state index >= 15 is 0 Å². The average Bonchev–Trinajstić information content (AvgIpc) is 2.75. The molecule has 4 nitrogen and oxygen atoms in total. The number of rotatable bonds is 4. The van der Waals surface area contributed by atoms with Crippen molar-refractivity contribution in [3.8, 4) is 0 Å². The minimum atomic E-state index is 0.575. The number of nitrogens with two attached hydrogens (primary N) is 1. The first-order chi connectivity index (χ1) is 8.22. The molecule has 2 N–H and O–H groups in total. The minimum absolute atomic E-state index is 0.575. The van der Waals surface area contributed by atoms with E-state index in [1.54, 1.807) is 17.5 Å². The van der Waals surface area contributed by atoms with Gasteiger partial charge < -0.3 is 10.6 Å². The second-order valence-electron chi connectivity index (χ2n) is 3.84. The lowest BCUT2D eigenvalue weighted by Crippen LogP contribution is -2.13. The largest absolute Gasteiger partial charge is 0.330 e. The highest BCUT2D eigenvalue weighted by atomic mass is 32.1. The van der Waals surface area contributed by atoms with Gasteiger partial charge >= 0.3 is 0 Å². The van der Waals surface area contributed by atoms with Crippen LogP contribution in [0.25, 0.3) is 0 Å². The van der Waals surface area contributed by atoms with E-state index in [1.165, 1.54) is 10.6 Å². The Morgan fingerprint density at radius 1 is 1.41 bits per heavy atom. The lowest BCUT2D eigenvalue weighted by atomic mass is 10.3. The first-order valence-corrected chi connectivity index (χ1v) is 6.40. The normalized spacial score (nSPS) is 10.5. The standard InChI is InChI=1S/C12H16N4S/c1-9-5-8-17-12(9)16(2)11-4-7-14-10(15-11)3-6-13/h4-5,7-8H,3,6,13H2,1-2H3. The Balaban J connectivity index is 2.28. The van der Waals surface area contributed by atoms with Gasteiger partial charge in [0.1, 0.15) is 11.6 Å². The minimum Gasteiger partial charge on any atom is -0.330 e. The molecule has 2 heterocycles. The smallest absolute Gasteiger partial charge is 0.137 e. The molecule has 17 heavy (non-hydrogen) atoms. The van der Waals surface area contributed by atoms with Crippen LogP contribution >= 0.6 is 11.3 Å². The molecule has 0 amide bonds. The van der Waals surface area contributed by atoms with Gasteiger partial charge in [0.2, 0.25) is 0 Å². The molecule has 0 aliphatic rings. The van der Waals surface area contributed by atoms with Crippen LogP contribution in [0.3, 0.4) is 0 Å². The van der Waals surface area contributed by atoms with Crippen LogP contribution in [0.1, 0.15) is 11.4 Å². The molecule has 2 aromatic heterocycles. The van der Waals surface area contributed by atoms with Crippen molar-refractivity contribution in [2.75, 3.05) is 18.5 Å². The van der Waals surface area contributed by atoms with Crippen LogP contribution in [0.5, 0.6) is 0 Å². The van der Waals surface area contributed by atoms with Crippen LogP contribution in [-0.4, -0.2) is 23.6 Å². The Bertz CT molecular complexity index is 495. The number of aromatic nitrogens is 2.